The highest BCUT2D eigenvalue weighted by Gasteiger charge is 2.14. The molecule has 3 saturated heterocycles. The van der Waals surface area contributed by atoms with Crippen molar-refractivity contribution in [2.45, 2.75) is 25.8 Å². The number of aromatic nitrogens is 1. The summed E-state index contributed by atoms with van der Waals surface area (Å²) in [5, 5.41) is 3.29. The van der Waals surface area contributed by atoms with Crippen molar-refractivity contribution in [2.75, 3.05) is 86.7 Å². The molecule has 1 aromatic rings. The molecule has 0 aliphatic carbocycles. The summed E-state index contributed by atoms with van der Waals surface area (Å²) < 4.78 is 5.10. The van der Waals surface area contributed by atoms with Gasteiger partial charge in [-0.25, -0.2) is 4.98 Å². The van der Waals surface area contributed by atoms with E-state index in [9.17, 15) is 0 Å². The van der Waals surface area contributed by atoms with Crippen LogP contribution in [-0.2, 0) is 11.3 Å². The maximum absolute atomic E-state index is 5.10. The maximum atomic E-state index is 5.10. The Kier molecular flexibility index (Phi) is 11.4. The highest BCUT2D eigenvalue weighted by atomic mass is 32.1. The third kappa shape index (κ3) is 10.5. The Morgan fingerprint density at radius 2 is 1.41 bits per heavy atom. The number of hydrogen-bond donors (Lipinski definition) is 0. The zero-order valence-corrected chi connectivity index (χ0v) is 18.4. The molecule has 4 rings (SSSR count). The van der Waals surface area contributed by atoms with Crippen molar-refractivity contribution in [3.8, 4) is 0 Å². The number of ether oxygens (including phenoxy) is 1. The van der Waals surface area contributed by atoms with E-state index in [0.29, 0.717) is 0 Å². The second-order valence-electron chi connectivity index (χ2n) is 7.78. The fourth-order valence-corrected chi connectivity index (χ4v) is 3.89. The molecule has 156 valence electrons. The zero-order valence-electron chi connectivity index (χ0n) is 17.6. The van der Waals surface area contributed by atoms with E-state index in [0.717, 1.165) is 32.8 Å². The Morgan fingerprint density at radius 1 is 0.815 bits per heavy atom. The molecule has 3 fully saturated rings. The number of morpholine rings is 1. The SMILES string of the molecule is CN1CCCCC1.CN1CCN(Cc2nccs2)CC1.CN1CCOCC1. The van der Waals surface area contributed by atoms with Crippen LogP contribution in [0.3, 0.4) is 0 Å². The average Bonchev–Trinajstić information content (AvgIpc) is 3.19. The van der Waals surface area contributed by atoms with Gasteiger partial charge < -0.3 is 19.4 Å². The third-order valence-electron chi connectivity index (χ3n) is 5.25. The number of thiazole rings is 1. The minimum absolute atomic E-state index is 0.913. The van der Waals surface area contributed by atoms with Gasteiger partial charge in [0.25, 0.3) is 0 Å². The Balaban J connectivity index is 0.000000159. The Morgan fingerprint density at radius 3 is 1.85 bits per heavy atom. The van der Waals surface area contributed by atoms with Crippen LogP contribution < -0.4 is 0 Å². The van der Waals surface area contributed by atoms with Crippen molar-refractivity contribution in [3.63, 3.8) is 0 Å². The molecule has 27 heavy (non-hydrogen) atoms. The van der Waals surface area contributed by atoms with Crippen molar-refractivity contribution in [2.24, 2.45) is 0 Å². The molecule has 0 bridgehead atoms. The van der Waals surface area contributed by atoms with Gasteiger partial charge in [-0.1, -0.05) is 6.42 Å². The fraction of sp³-hybridized carbons (Fsp3) is 0.850. The highest BCUT2D eigenvalue weighted by Crippen LogP contribution is 2.09. The van der Waals surface area contributed by atoms with E-state index in [-0.39, 0.29) is 0 Å². The smallest absolute Gasteiger partial charge is 0.107 e. The third-order valence-corrected chi connectivity index (χ3v) is 6.02. The number of piperazine rings is 1. The number of hydrogen-bond acceptors (Lipinski definition) is 7. The molecular weight excluding hydrogens is 358 g/mol. The molecular formula is C20H39N5OS. The first-order valence-electron chi connectivity index (χ1n) is 10.4. The Bertz CT molecular complexity index is 437. The summed E-state index contributed by atoms with van der Waals surface area (Å²) in [7, 11) is 6.49. The molecule has 0 saturated carbocycles. The van der Waals surface area contributed by atoms with Crippen LogP contribution >= 0.6 is 11.3 Å². The highest BCUT2D eigenvalue weighted by molar-refractivity contribution is 7.09. The Hall–Kier alpha value is -0.570. The van der Waals surface area contributed by atoms with Gasteiger partial charge in [-0.15, -0.1) is 11.3 Å². The normalized spacial score (nSPS) is 23.1. The lowest BCUT2D eigenvalue weighted by atomic mass is 10.1. The molecule has 1 aromatic heterocycles. The van der Waals surface area contributed by atoms with Gasteiger partial charge in [0.1, 0.15) is 5.01 Å². The van der Waals surface area contributed by atoms with Crippen LogP contribution in [0.5, 0.6) is 0 Å². The van der Waals surface area contributed by atoms with Crippen LogP contribution in [-0.4, -0.2) is 111 Å². The second-order valence-corrected chi connectivity index (χ2v) is 8.76. The average molecular weight is 398 g/mol. The lowest BCUT2D eigenvalue weighted by molar-refractivity contribution is 0.0503. The first-order chi connectivity index (χ1) is 13.1. The van der Waals surface area contributed by atoms with Gasteiger partial charge in [-0.2, -0.15) is 0 Å². The van der Waals surface area contributed by atoms with E-state index >= 15 is 0 Å². The van der Waals surface area contributed by atoms with Gasteiger partial charge in [0.05, 0.1) is 19.8 Å². The van der Waals surface area contributed by atoms with E-state index in [2.05, 4.69) is 45.7 Å². The summed E-state index contributed by atoms with van der Waals surface area (Å²) >= 11 is 1.75. The van der Waals surface area contributed by atoms with Crippen molar-refractivity contribution >= 4 is 11.3 Å². The van der Waals surface area contributed by atoms with Crippen LogP contribution in [0.15, 0.2) is 11.6 Å². The summed E-state index contributed by atoms with van der Waals surface area (Å²) in [5.74, 6) is 0. The standard InChI is InChI=1S/C9H15N3S.C6H13N.C5H11NO/c1-11-3-5-12(6-4-11)8-9-10-2-7-13-9;1-7-5-3-2-4-6-7;1-6-2-4-7-5-3-6/h2,7H,3-6,8H2,1H3;2-6H2,1H3;2-5H2,1H3. The number of likely N-dealkylation sites (tertiary alicyclic amines) is 1. The lowest BCUT2D eigenvalue weighted by Crippen LogP contribution is -2.43. The summed E-state index contributed by atoms with van der Waals surface area (Å²) in [5.41, 5.74) is 0. The summed E-state index contributed by atoms with van der Waals surface area (Å²) in [4.78, 5) is 13.8. The predicted molar refractivity (Wildman–Crippen MR) is 115 cm³/mol. The summed E-state index contributed by atoms with van der Waals surface area (Å²) in [6.07, 6.45) is 6.16. The minimum Gasteiger partial charge on any atom is -0.379 e. The van der Waals surface area contributed by atoms with Gasteiger partial charge in [-0.05, 0) is 47.1 Å². The lowest BCUT2D eigenvalue weighted by Gasteiger charge is -2.31. The zero-order chi connectivity index (χ0) is 19.3. The number of piperidine rings is 1. The van der Waals surface area contributed by atoms with Crippen LogP contribution in [0.25, 0.3) is 0 Å². The molecule has 0 N–H and O–H groups in total. The topological polar surface area (TPSA) is 35.1 Å². The van der Waals surface area contributed by atoms with Crippen LogP contribution in [0.1, 0.15) is 24.3 Å². The second kappa shape index (κ2) is 13.6. The Labute approximate surface area is 170 Å². The quantitative estimate of drug-likeness (QED) is 0.759. The van der Waals surface area contributed by atoms with Crippen molar-refractivity contribution in [1.29, 1.82) is 0 Å². The van der Waals surface area contributed by atoms with Gasteiger partial charge in [0.15, 0.2) is 0 Å². The molecule has 0 amide bonds. The number of rotatable bonds is 2. The molecule has 0 atom stereocenters. The van der Waals surface area contributed by atoms with Crippen LogP contribution in [0, 0.1) is 0 Å². The van der Waals surface area contributed by atoms with Crippen molar-refractivity contribution in [3.05, 3.63) is 16.6 Å². The van der Waals surface area contributed by atoms with Crippen molar-refractivity contribution in [1.82, 2.24) is 24.6 Å². The molecule has 0 unspecified atom stereocenters. The monoisotopic (exact) mass is 397 g/mol. The maximum Gasteiger partial charge on any atom is 0.107 e. The van der Waals surface area contributed by atoms with E-state index in [1.165, 1.54) is 63.5 Å². The molecule has 3 aliphatic rings. The van der Waals surface area contributed by atoms with Crippen LogP contribution in [0.4, 0.5) is 0 Å². The molecule has 6 nitrogen and oxygen atoms in total. The molecule has 4 heterocycles. The predicted octanol–water partition coefficient (Wildman–Crippen LogP) is 1.94. The fourth-order valence-electron chi connectivity index (χ4n) is 3.23. The number of nitrogens with zero attached hydrogens (tertiary/aromatic N) is 5. The molecule has 0 aromatic carbocycles. The molecule has 0 radical (unpaired) electrons. The first kappa shape index (κ1) is 22.7. The first-order valence-corrected chi connectivity index (χ1v) is 11.3. The molecule has 0 spiro atoms. The summed E-state index contributed by atoms with van der Waals surface area (Å²) in [6, 6.07) is 0. The van der Waals surface area contributed by atoms with E-state index < -0.39 is 0 Å². The van der Waals surface area contributed by atoms with Gasteiger partial charge in [-0.3, -0.25) is 4.90 Å². The van der Waals surface area contributed by atoms with E-state index in [1.54, 1.807) is 11.3 Å². The number of likely N-dealkylation sites (N-methyl/N-ethyl adjacent to an activating group) is 2. The van der Waals surface area contributed by atoms with E-state index in [4.69, 9.17) is 4.74 Å². The van der Waals surface area contributed by atoms with E-state index in [1.807, 2.05) is 11.6 Å². The van der Waals surface area contributed by atoms with Crippen molar-refractivity contribution < 1.29 is 4.74 Å². The van der Waals surface area contributed by atoms with Gasteiger partial charge in [0, 0.05) is 50.8 Å². The molecule has 7 heteroatoms. The van der Waals surface area contributed by atoms with Gasteiger partial charge in [0.2, 0.25) is 0 Å². The van der Waals surface area contributed by atoms with Crippen LogP contribution in [0.2, 0.25) is 0 Å². The molecule has 3 aliphatic heterocycles. The summed E-state index contributed by atoms with van der Waals surface area (Å²) in [6.45, 7) is 12.4. The largest absolute Gasteiger partial charge is 0.379 e. The van der Waals surface area contributed by atoms with Gasteiger partial charge >= 0.3 is 0 Å². The minimum atomic E-state index is 0.913.